The van der Waals surface area contributed by atoms with Crippen molar-refractivity contribution < 1.29 is 33.2 Å². The molecule has 2 N–H and O–H groups in total. The largest absolute Gasteiger partial charge is 0.497 e. The highest BCUT2D eigenvalue weighted by molar-refractivity contribution is 6.03. The van der Waals surface area contributed by atoms with Gasteiger partial charge in [0.05, 0.1) is 20.8 Å². The predicted molar refractivity (Wildman–Crippen MR) is 176 cm³/mol. The Morgan fingerprint density at radius 1 is 0.854 bits per heavy atom. The highest BCUT2D eigenvalue weighted by atomic mass is 19.1. The number of ether oxygens (including phenoxy) is 4. The number of nitrogens with zero attached hydrogens (tertiary/aromatic N) is 2. The molecule has 1 aromatic heterocycles. The number of halogens is 1. The summed E-state index contributed by atoms with van der Waals surface area (Å²) < 4.78 is 40.1. The first-order chi connectivity index (χ1) is 23.3. The molecule has 1 aliphatic rings. The van der Waals surface area contributed by atoms with E-state index in [1.807, 2.05) is 78.9 Å². The van der Waals surface area contributed by atoms with E-state index in [0.717, 1.165) is 21.3 Å². The molecule has 11 heteroatoms. The summed E-state index contributed by atoms with van der Waals surface area (Å²) in [6.45, 7) is -0.252. The molecule has 0 aliphatic carbocycles. The van der Waals surface area contributed by atoms with Crippen LogP contribution in [-0.2, 0) is 15.1 Å². The quantitative estimate of drug-likeness (QED) is 0.189. The molecule has 1 aliphatic heterocycles. The number of hydrogen-bond donors (Lipinski definition) is 2. The summed E-state index contributed by atoms with van der Waals surface area (Å²) in [5, 5.41) is 13.6. The predicted octanol–water partition coefficient (Wildman–Crippen LogP) is 5.12. The highest BCUT2D eigenvalue weighted by Gasteiger charge is 2.48. The maximum absolute atomic E-state index is 15.7. The Morgan fingerprint density at radius 3 is 1.94 bits per heavy atom. The van der Waals surface area contributed by atoms with E-state index in [-0.39, 0.29) is 12.4 Å². The summed E-state index contributed by atoms with van der Waals surface area (Å²) in [4.78, 5) is 29.4. The monoisotopic (exact) mass is 651 g/mol. The summed E-state index contributed by atoms with van der Waals surface area (Å²) in [6.07, 6.45) is -4.98. The smallest absolute Gasteiger partial charge is 0.351 e. The second kappa shape index (κ2) is 14.2. The molecule has 1 amide bonds. The second-order valence-electron chi connectivity index (χ2n) is 11.1. The van der Waals surface area contributed by atoms with Crippen molar-refractivity contribution in [1.82, 2.24) is 9.55 Å². The van der Waals surface area contributed by atoms with Crippen LogP contribution in [0.1, 0.15) is 33.3 Å². The van der Waals surface area contributed by atoms with Gasteiger partial charge in [-0.15, -0.1) is 0 Å². The minimum absolute atomic E-state index is 0.00873. The van der Waals surface area contributed by atoms with Crippen molar-refractivity contribution in [2.75, 3.05) is 26.1 Å². The van der Waals surface area contributed by atoms with E-state index in [2.05, 4.69) is 10.3 Å². The van der Waals surface area contributed by atoms with Crippen molar-refractivity contribution in [2.45, 2.75) is 30.2 Å². The lowest BCUT2D eigenvalue weighted by atomic mass is 9.80. The number of amides is 1. The van der Waals surface area contributed by atoms with Gasteiger partial charge in [-0.3, -0.25) is 9.36 Å². The summed E-state index contributed by atoms with van der Waals surface area (Å²) in [5.74, 6) is 0.838. The molecule has 2 heterocycles. The van der Waals surface area contributed by atoms with Crippen molar-refractivity contribution in [3.8, 4) is 11.5 Å². The zero-order chi connectivity index (χ0) is 33.7. The third-order valence-corrected chi connectivity index (χ3v) is 8.31. The minimum atomic E-state index is -1.98. The van der Waals surface area contributed by atoms with E-state index >= 15 is 4.39 Å². The van der Waals surface area contributed by atoms with Crippen LogP contribution in [0.5, 0.6) is 11.5 Å². The zero-order valence-electron chi connectivity index (χ0n) is 26.2. The Kier molecular flexibility index (Phi) is 9.62. The Balaban J connectivity index is 1.29. The van der Waals surface area contributed by atoms with Gasteiger partial charge in [0.1, 0.15) is 35.1 Å². The first kappa shape index (κ1) is 32.6. The van der Waals surface area contributed by atoms with Crippen LogP contribution in [0.25, 0.3) is 0 Å². The van der Waals surface area contributed by atoms with E-state index in [4.69, 9.17) is 18.9 Å². The van der Waals surface area contributed by atoms with Crippen molar-refractivity contribution in [3.05, 3.63) is 154 Å². The fourth-order valence-electron chi connectivity index (χ4n) is 5.80. The average molecular weight is 652 g/mol. The number of nitrogens with one attached hydrogen (secondary N) is 1. The maximum atomic E-state index is 15.7. The number of methoxy groups -OCH3 is 2. The molecular weight excluding hydrogens is 617 g/mol. The minimum Gasteiger partial charge on any atom is -0.497 e. The molecule has 0 bridgehead atoms. The zero-order valence-corrected chi connectivity index (χ0v) is 26.2. The van der Waals surface area contributed by atoms with E-state index in [0.29, 0.717) is 17.1 Å². The van der Waals surface area contributed by atoms with Crippen molar-refractivity contribution in [1.29, 1.82) is 0 Å². The summed E-state index contributed by atoms with van der Waals surface area (Å²) in [6, 6.07) is 34.1. The Morgan fingerprint density at radius 2 is 1.40 bits per heavy atom. The number of aliphatic hydroxyl groups excluding tert-OH is 1. The summed E-state index contributed by atoms with van der Waals surface area (Å²) >= 11 is 0. The fourth-order valence-corrected chi connectivity index (χ4v) is 5.80. The standard InChI is InChI=1S/C37H34FN3O7/c1-45-28-17-13-26(14-18-28)37(25-11-7-4-8-12-25,27-15-19-29(46-2)20-16-27)47-23-30-33(42)32(38)35(48-30)41-22-21-31(40-36(41)44)39-34(43)24-9-5-3-6-10-24/h3-22,30,32-33,35,42H,23H2,1-2H3,(H,39,40,43,44)/t30-,32-,33-,35-/m1/s1. The van der Waals surface area contributed by atoms with Crippen molar-refractivity contribution in [2.24, 2.45) is 0 Å². The number of aromatic nitrogens is 2. The Labute approximate surface area is 276 Å². The SMILES string of the molecule is COc1ccc(C(OC[C@H]2O[C@@H](n3ccc(NC(=O)c4ccccc4)nc3=O)[C@H](F)[C@@H]2O)(c2ccccc2)c2ccc(OC)cc2)cc1. The average Bonchev–Trinajstić information content (AvgIpc) is 3.42. The van der Waals surface area contributed by atoms with E-state index < -0.39 is 41.8 Å². The number of alkyl halides is 1. The second-order valence-corrected chi connectivity index (χ2v) is 11.1. The van der Waals surface area contributed by atoms with Gasteiger partial charge in [0.25, 0.3) is 5.91 Å². The lowest BCUT2D eigenvalue weighted by Gasteiger charge is -2.37. The molecule has 0 saturated carbocycles. The van der Waals surface area contributed by atoms with E-state index in [1.165, 1.54) is 12.3 Å². The molecule has 1 saturated heterocycles. The van der Waals surface area contributed by atoms with Gasteiger partial charge in [0.2, 0.25) is 0 Å². The van der Waals surface area contributed by atoms with E-state index in [1.54, 1.807) is 44.6 Å². The van der Waals surface area contributed by atoms with Gasteiger partial charge >= 0.3 is 5.69 Å². The van der Waals surface area contributed by atoms with Crippen molar-refractivity contribution >= 4 is 11.7 Å². The number of benzene rings is 4. The summed E-state index contributed by atoms with van der Waals surface area (Å²) in [7, 11) is 3.16. The van der Waals surface area contributed by atoms with Gasteiger partial charge < -0.3 is 29.4 Å². The molecule has 5 aromatic rings. The Hall–Kier alpha value is -5.36. The molecule has 4 atom stereocenters. The lowest BCUT2D eigenvalue weighted by molar-refractivity contribution is -0.0950. The lowest BCUT2D eigenvalue weighted by Crippen LogP contribution is -2.39. The number of rotatable bonds is 11. The van der Waals surface area contributed by atoms with Crippen LogP contribution in [-0.4, -0.2) is 59.8 Å². The maximum Gasteiger partial charge on any atom is 0.351 e. The van der Waals surface area contributed by atoms with E-state index in [9.17, 15) is 14.7 Å². The van der Waals surface area contributed by atoms with Gasteiger partial charge in [0, 0.05) is 11.8 Å². The molecule has 48 heavy (non-hydrogen) atoms. The first-order valence-corrected chi connectivity index (χ1v) is 15.3. The van der Waals surface area contributed by atoms with Crippen LogP contribution in [0.15, 0.2) is 126 Å². The number of carbonyl (C=O) groups is 1. The number of hydrogen-bond acceptors (Lipinski definition) is 8. The van der Waals surface area contributed by atoms with Gasteiger partial charge in [-0.05, 0) is 59.2 Å². The van der Waals surface area contributed by atoms with Crippen LogP contribution in [0.4, 0.5) is 10.2 Å². The number of anilines is 1. The molecule has 0 radical (unpaired) electrons. The third-order valence-electron chi connectivity index (χ3n) is 8.31. The molecular formula is C37H34FN3O7. The Bertz CT molecular complexity index is 1840. The van der Waals surface area contributed by atoms with Crippen LogP contribution in [0, 0.1) is 0 Å². The fraction of sp³-hybridized carbons (Fsp3) is 0.216. The van der Waals surface area contributed by atoms with Gasteiger partial charge in [0.15, 0.2) is 12.4 Å². The molecule has 246 valence electrons. The van der Waals surface area contributed by atoms with Crippen LogP contribution in [0.3, 0.4) is 0 Å². The normalized spacial score (nSPS) is 19.1. The van der Waals surface area contributed by atoms with Gasteiger partial charge in [-0.25, -0.2) is 9.18 Å². The number of aliphatic hydroxyl groups is 1. The first-order valence-electron chi connectivity index (χ1n) is 15.3. The summed E-state index contributed by atoms with van der Waals surface area (Å²) in [5.41, 5.74) is 0.549. The highest BCUT2D eigenvalue weighted by Crippen LogP contribution is 2.43. The van der Waals surface area contributed by atoms with Crippen LogP contribution in [0.2, 0.25) is 0 Å². The third kappa shape index (κ3) is 6.43. The van der Waals surface area contributed by atoms with Gasteiger partial charge in [-0.2, -0.15) is 4.98 Å². The molecule has 4 aromatic carbocycles. The molecule has 10 nitrogen and oxygen atoms in total. The molecule has 0 spiro atoms. The van der Waals surface area contributed by atoms with Crippen molar-refractivity contribution in [3.63, 3.8) is 0 Å². The molecule has 1 fully saturated rings. The number of carbonyl (C=O) groups excluding carboxylic acids is 1. The van der Waals surface area contributed by atoms with Crippen LogP contribution < -0.4 is 20.5 Å². The molecule has 0 unspecified atom stereocenters. The van der Waals surface area contributed by atoms with Crippen LogP contribution >= 0.6 is 0 Å². The molecule has 6 rings (SSSR count). The topological polar surface area (TPSA) is 121 Å². The van der Waals surface area contributed by atoms with Gasteiger partial charge in [-0.1, -0.05) is 72.8 Å².